The minimum Gasteiger partial charge on any atom is -0.310 e. The fraction of sp³-hybridized carbons (Fsp3) is 0.129. The number of hydrogen-bond donors (Lipinski definition) is 0. The van der Waals surface area contributed by atoms with E-state index in [0.29, 0.717) is 0 Å². The Morgan fingerprint density at radius 2 is 0.481 bits per heavy atom. The lowest BCUT2D eigenvalue weighted by atomic mass is 9.33. The molecule has 0 fully saturated rings. The second-order valence-electron chi connectivity index (χ2n) is 40.2. The Balaban J connectivity index is 1.01. The van der Waals surface area contributed by atoms with Crippen molar-refractivity contribution in [1.29, 1.82) is 0 Å². The topological polar surface area (TPSA) is 15.3 Å². The van der Waals surface area contributed by atoms with E-state index >= 15 is 0 Å². The van der Waals surface area contributed by atoms with E-state index < -0.39 is 6.71 Å². The molecular weight excluding hydrogens is 1560 g/mol. The van der Waals surface area contributed by atoms with E-state index in [9.17, 15) is 0 Å². The first-order valence-electron chi connectivity index (χ1n) is 45.9. The van der Waals surface area contributed by atoms with Gasteiger partial charge >= 0.3 is 0 Å². The molecular formula is C124H99BN4. The number of anilines is 6. The molecule has 0 atom stereocenters. The van der Waals surface area contributed by atoms with Gasteiger partial charge in [-0.15, -0.1) is 0 Å². The largest absolute Gasteiger partial charge is 0.310 e. The van der Waals surface area contributed by atoms with Crippen molar-refractivity contribution >= 4 is 177 Å². The van der Waals surface area contributed by atoms with E-state index in [0.717, 1.165) is 128 Å². The van der Waals surface area contributed by atoms with Crippen LogP contribution in [0, 0.1) is 0 Å². The number of nitrogens with zero attached hydrogens (tertiary/aromatic N) is 4. The number of benzene rings is 18. The molecule has 0 amide bonds. The molecule has 0 aliphatic carbocycles. The number of hydrogen-bond acceptors (Lipinski definition) is 2. The molecule has 22 aromatic rings. The predicted octanol–water partition coefficient (Wildman–Crippen LogP) is 32.5. The second kappa shape index (κ2) is 28.9. The van der Waals surface area contributed by atoms with Gasteiger partial charge in [0.25, 0.3) is 6.71 Å². The van der Waals surface area contributed by atoms with Crippen molar-refractivity contribution in [1.82, 2.24) is 8.80 Å². The van der Waals surface area contributed by atoms with Crippen molar-refractivity contribution in [3.8, 4) is 55.6 Å². The fourth-order valence-corrected chi connectivity index (χ4v) is 22.1. The maximum atomic E-state index is 2.82. The molecule has 0 spiro atoms. The van der Waals surface area contributed by atoms with Crippen LogP contribution in [0.5, 0.6) is 0 Å². The predicted molar refractivity (Wildman–Crippen MR) is 557 cm³/mol. The summed E-state index contributed by atoms with van der Waals surface area (Å²) in [5.41, 5.74) is 32.5. The smallest absolute Gasteiger partial charge is 0.252 e. The molecule has 0 saturated heterocycles. The maximum absolute atomic E-state index is 2.82. The molecule has 129 heavy (non-hydrogen) atoms. The average Bonchev–Trinajstić information content (AvgIpc) is 1.49. The van der Waals surface area contributed by atoms with Gasteiger partial charge in [-0.3, -0.25) is 0 Å². The summed E-state index contributed by atoms with van der Waals surface area (Å²) < 4.78 is 5.34. The lowest BCUT2D eigenvalue weighted by molar-refractivity contribution is 0.570. The first kappa shape index (κ1) is 77.8. The quantitative estimate of drug-likeness (QED) is 0.148. The molecule has 4 aromatic heterocycles. The maximum Gasteiger partial charge on any atom is 0.252 e. The third kappa shape index (κ3) is 12.1. The van der Waals surface area contributed by atoms with Gasteiger partial charge in [0, 0.05) is 88.1 Å². The van der Waals surface area contributed by atoms with E-state index in [-0.39, 0.29) is 21.7 Å². The zero-order valence-electron chi connectivity index (χ0n) is 75.2. The summed E-state index contributed by atoms with van der Waals surface area (Å²) in [7, 11) is 0. The summed E-state index contributed by atoms with van der Waals surface area (Å²) in [4.78, 5) is 5.64. The highest BCUT2D eigenvalue weighted by Gasteiger charge is 2.47. The second-order valence-corrected chi connectivity index (χ2v) is 40.2. The molecule has 4 nitrogen and oxygen atoms in total. The van der Waals surface area contributed by atoms with Gasteiger partial charge in [0.1, 0.15) is 0 Å². The van der Waals surface area contributed by atoms with Gasteiger partial charge in [-0.25, -0.2) is 0 Å². The molecule has 2 aliphatic heterocycles. The Morgan fingerprint density at radius 3 is 0.806 bits per heavy atom. The molecule has 0 saturated carbocycles. The van der Waals surface area contributed by atoms with Gasteiger partial charge in [0.15, 0.2) is 0 Å². The van der Waals surface area contributed by atoms with Crippen LogP contribution >= 0.6 is 0 Å². The molecule has 0 radical (unpaired) electrons. The molecule has 0 unspecified atom stereocenters. The van der Waals surface area contributed by atoms with Crippen LogP contribution in [0.25, 0.3) is 175 Å². The lowest BCUT2D eigenvalue weighted by Gasteiger charge is -2.46. The minimum atomic E-state index is -0.465. The van der Waals surface area contributed by atoms with Crippen LogP contribution < -0.4 is 26.2 Å². The fourth-order valence-electron chi connectivity index (χ4n) is 22.1. The Bertz CT molecular complexity index is 8000. The highest BCUT2D eigenvalue weighted by molar-refractivity contribution is 7.00. The van der Waals surface area contributed by atoms with Gasteiger partial charge in [0.05, 0.1) is 44.5 Å². The van der Waals surface area contributed by atoms with Crippen molar-refractivity contribution in [3.63, 3.8) is 0 Å². The highest BCUT2D eigenvalue weighted by Crippen LogP contribution is 2.58. The Morgan fingerprint density at radius 1 is 0.194 bits per heavy atom. The molecule has 0 N–H and O–H groups in total. The summed E-state index contributed by atoms with van der Waals surface area (Å²) in [6, 6.07) is 149. The molecule has 2 aliphatic rings. The van der Waals surface area contributed by atoms with Gasteiger partial charge in [-0.2, -0.15) is 0 Å². The zero-order valence-corrected chi connectivity index (χ0v) is 75.2. The number of aromatic nitrogens is 2. The highest BCUT2D eigenvalue weighted by atomic mass is 15.2. The summed E-state index contributed by atoms with van der Waals surface area (Å²) in [5, 5.41) is 18.9. The molecule has 6 heterocycles. The Hall–Kier alpha value is -14.8. The van der Waals surface area contributed by atoms with Gasteiger partial charge < -0.3 is 18.6 Å². The van der Waals surface area contributed by atoms with E-state index in [1.165, 1.54) is 120 Å². The van der Waals surface area contributed by atoms with Gasteiger partial charge in [-0.1, -0.05) is 405 Å². The van der Waals surface area contributed by atoms with Crippen LogP contribution in [0.2, 0.25) is 0 Å². The minimum absolute atomic E-state index is 0.149. The van der Waals surface area contributed by atoms with Crippen LogP contribution in [0.4, 0.5) is 34.1 Å². The van der Waals surface area contributed by atoms with E-state index in [4.69, 9.17) is 0 Å². The van der Waals surface area contributed by atoms with E-state index in [1.54, 1.807) is 0 Å². The van der Waals surface area contributed by atoms with Crippen molar-refractivity contribution in [2.45, 2.75) is 105 Å². The van der Waals surface area contributed by atoms with Crippen molar-refractivity contribution in [3.05, 3.63) is 404 Å². The first-order chi connectivity index (χ1) is 62.6. The van der Waals surface area contributed by atoms with Crippen molar-refractivity contribution < 1.29 is 0 Å². The van der Waals surface area contributed by atoms with Gasteiger partial charge in [0.2, 0.25) is 0 Å². The summed E-state index contributed by atoms with van der Waals surface area (Å²) in [6.07, 6.45) is 0. The van der Waals surface area contributed by atoms with Crippen LogP contribution in [0.3, 0.4) is 0 Å². The van der Waals surface area contributed by atoms with Crippen LogP contribution in [-0.2, 0) is 21.7 Å². The van der Waals surface area contributed by atoms with E-state index in [2.05, 4.69) is 484 Å². The third-order valence-corrected chi connectivity index (χ3v) is 28.4. The number of para-hydroxylation sites is 4. The molecule has 18 aromatic carbocycles. The zero-order chi connectivity index (χ0) is 87.4. The van der Waals surface area contributed by atoms with Crippen molar-refractivity contribution in [2.24, 2.45) is 0 Å². The monoisotopic (exact) mass is 1650 g/mol. The van der Waals surface area contributed by atoms with E-state index in [1.807, 2.05) is 0 Å². The lowest BCUT2D eigenvalue weighted by Crippen LogP contribution is -2.61. The van der Waals surface area contributed by atoms with Crippen LogP contribution in [0.1, 0.15) is 105 Å². The van der Waals surface area contributed by atoms with Gasteiger partial charge in [-0.05, 0) is 197 Å². The standard InChI is InChI=1S/C124H99BN4/c1-121(2,3)81-63-64-84(105(71-81)124(10,11)12)80-65-114-116-115(66-80)129(120-101(78-43-21-15-22-44-78)69-83(123(7,8)9)70-102(120)79-45-23-16-24-46-79)113-75-111-104(92-54-32-28-50-88(92)86-48-26-30-52-90(86)96-58-38-60-98-94-56-34-36-62-109(94)127(111)118(96)98)73-107(113)125(116)106-72-103-91-53-31-27-49-87(91)85-47-25-29-51-89(85)95-57-37-59-97-93-55-33-35-61-108(93)126(117(95)97)110(103)74-112(106)128(114)119-99(76-39-17-13-18-40-76)67-82(122(4,5)6)68-100(119)77-41-19-14-20-42-77/h13-75H,1-12H3. The summed E-state index contributed by atoms with van der Waals surface area (Å²) in [5.74, 6) is 0. The third-order valence-electron chi connectivity index (χ3n) is 28.4. The van der Waals surface area contributed by atoms with Crippen LogP contribution in [-0.4, -0.2) is 15.5 Å². The number of fused-ring (bicyclic) bond motifs is 24. The Labute approximate surface area is 754 Å². The molecule has 24 rings (SSSR count). The number of rotatable bonds is 7. The van der Waals surface area contributed by atoms with Crippen LogP contribution in [0.15, 0.2) is 382 Å². The molecule has 618 valence electrons. The summed E-state index contributed by atoms with van der Waals surface area (Å²) >= 11 is 0. The Kier molecular flexibility index (Phi) is 17.4. The van der Waals surface area contributed by atoms with Crippen molar-refractivity contribution in [2.75, 3.05) is 9.80 Å². The normalized spacial score (nSPS) is 13.1. The average molecular weight is 1660 g/mol. The summed E-state index contributed by atoms with van der Waals surface area (Å²) in [6.45, 7) is 28.2. The molecule has 5 heteroatoms. The first-order valence-corrected chi connectivity index (χ1v) is 45.9. The molecule has 0 bridgehead atoms. The SMILES string of the molecule is CC(C)(C)c1cc(-c2ccccc2)c(N2c3cc4c(cc3B3c5cc6c7ccccc7c7ccccc7c7cccc8c9ccccc9n(c6cc5N(c5c(-c6ccccc6)cc(C(C)(C)C)cc5-c5ccccc5)c5cc(-c6ccc(C(C)(C)C)cc6C(C)(C)C)cc2c53)c78)c2ccccc2c2ccccc2c2cccc3c5ccccc5n4c23)c(-c2ccccc2)c1.